The van der Waals surface area contributed by atoms with Crippen LogP contribution in [0.25, 0.3) is 0 Å². The first kappa shape index (κ1) is 16.3. The molecule has 3 rings (SSSR count). The predicted octanol–water partition coefficient (Wildman–Crippen LogP) is 1.05. The SMILES string of the molecule is C[C@H](C1CCN(C(=O)NCc2ccn[nH]2)CC1)N1CCOCC1. The molecule has 0 spiro atoms. The largest absolute Gasteiger partial charge is 0.379 e. The second-order valence-electron chi connectivity index (χ2n) is 6.45. The molecule has 0 aliphatic carbocycles. The van der Waals surface area contributed by atoms with E-state index < -0.39 is 0 Å². The number of rotatable bonds is 4. The van der Waals surface area contributed by atoms with Gasteiger partial charge in [-0.15, -0.1) is 0 Å². The molecule has 2 fully saturated rings. The number of nitrogens with zero attached hydrogens (tertiary/aromatic N) is 3. The van der Waals surface area contributed by atoms with Crippen LogP contribution in [0.5, 0.6) is 0 Å². The van der Waals surface area contributed by atoms with Gasteiger partial charge < -0.3 is 15.0 Å². The second kappa shape index (κ2) is 7.79. The third-order valence-electron chi connectivity index (χ3n) is 5.12. The highest BCUT2D eigenvalue weighted by Gasteiger charge is 2.29. The molecule has 7 heteroatoms. The predicted molar refractivity (Wildman–Crippen MR) is 87.0 cm³/mol. The van der Waals surface area contributed by atoms with E-state index >= 15 is 0 Å². The molecule has 0 radical (unpaired) electrons. The van der Waals surface area contributed by atoms with Crippen molar-refractivity contribution in [3.05, 3.63) is 18.0 Å². The maximum Gasteiger partial charge on any atom is 0.317 e. The van der Waals surface area contributed by atoms with Gasteiger partial charge in [0, 0.05) is 38.4 Å². The molecule has 2 amide bonds. The summed E-state index contributed by atoms with van der Waals surface area (Å²) in [5.41, 5.74) is 0.925. The van der Waals surface area contributed by atoms with Gasteiger partial charge in [0.1, 0.15) is 0 Å². The van der Waals surface area contributed by atoms with Gasteiger partial charge in [0.25, 0.3) is 0 Å². The molecule has 23 heavy (non-hydrogen) atoms. The Hall–Kier alpha value is -1.60. The summed E-state index contributed by atoms with van der Waals surface area (Å²) in [5.74, 6) is 0.671. The van der Waals surface area contributed by atoms with E-state index in [-0.39, 0.29) is 6.03 Å². The summed E-state index contributed by atoms with van der Waals surface area (Å²) in [6.45, 7) is 8.27. The number of likely N-dealkylation sites (tertiary alicyclic amines) is 1. The summed E-state index contributed by atoms with van der Waals surface area (Å²) < 4.78 is 5.43. The van der Waals surface area contributed by atoms with Crippen LogP contribution in [0.15, 0.2) is 12.3 Å². The molecule has 2 aliphatic rings. The fourth-order valence-electron chi connectivity index (χ4n) is 3.53. The maximum absolute atomic E-state index is 12.2. The van der Waals surface area contributed by atoms with Gasteiger partial charge in [-0.1, -0.05) is 0 Å². The van der Waals surface area contributed by atoms with E-state index in [1.807, 2.05) is 11.0 Å². The van der Waals surface area contributed by atoms with Crippen molar-refractivity contribution in [3.8, 4) is 0 Å². The Morgan fingerprint density at radius 2 is 2.13 bits per heavy atom. The smallest absolute Gasteiger partial charge is 0.317 e. The van der Waals surface area contributed by atoms with Crippen molar-refractivity contribution in [2.75, 3.05) is 39.4 Å². The Kier molecular flexibility index (Phi) is 5.51. The van der Waals surface area contributed by atoms with Crippen molar-refractivity contribution in [3.63, 3.8) is 0 Å². The molecular formula is C16H27N5O2. The van der Waals surface area contributed by atoms with Crippen molar-refractivity contribution in [2.24, 2.45) is 5.92 Å². The van der Waals surface area contributed by atoms with Crippen LogP contribution >= 0.6 is 0 Å². The normalized spacial score (nSPS) is 22.0. The third kappa shape index (κ3) is 4.23. The molecule has 1 aromatic rings. The lowest BCUT2D eigenvalue weighted by Gasteiger charge is -2.40. The molecule has 0 aromatic carbocycles. The molecule has 2 saturated heterocycles. The minimum atomic E-state index is 0.0251. The minimum Gasteiger partial charge on any atom is -0.379 e. The van der Waals surface area contributed by atoms with E-state index in [4.69, 9.17) is 4.74 Å². The zero-order valence-corrected chi connectivity index (χ0v) is 13.8. The molecule has 1 atom stereocenters. The summed E-state index contributed by atoms with van der Waals surface area (Å²) >= 11 is 0. The van der Waals surface area contributed by atoms with Crippen molar-refractivity contribution < 1.29 is 9.53 Å². The lowest BCUT2D eigenvalue weighted by Crippen LogP contribution is -2.50. The summed E-state index contributed by atoms with van der Waals surface area (Å²) in [4.78, 5) is 16.7. The van der Waals surface area contributed by atoms with Gasteiger partial charge in [0.2, 0.25) is 0 Å². The van der Waals surface area contributed by atoms with Gasteiger partial charge in [-0.05, 0) is 31.7 Å². The molecule has 0 bridgehead atoms. The zero-order chi connectivity index (χ0) is 16.1. The number of H-pyrrole nitrogens is 1. The Labute approximate surface area is 137 Å². The molecule has 2 N–H and O–H groups in total. The van der Waals surface area contributed by atoms with Crippen LogP contribution in [0.4, 0.5) is 4.79 Å². The summed E-state index contributed by atoms with van der Waals surface area (Å²) in [7, 11) is 0. The third-order valence-corrected chi connectivity index (χ3v) is 5.12. The van der Waals surface area contributed by atoms with Crippen molar-refractivity contribution in [2.45, 2.75) is 32.4 Å². The van der Waals surface area contributed by atoms with Crippen LogP contribution in [0.1, 0.15) is 25.5 Å². The number of carbonyl (C=O) groups is 1. The molecule has 3 heterocycles. The van der Waals surface area contributed by atoms with E-state index in [9.17, 15) is 4.79 Å². The number of piperidine rings is 1. The maximum atomic E-state index is 12.2. The fourth-order valence-corrected chi connectivity index (χ4v) is 3.53. The highest BCUT2D eigenvalue weighted by molar-refractivity contribution is 5.74. The standard InChI is InChI=1S/C16H27N5O2/c1-13(20-8-10-23-11-9-20)14-3-6-21(7-4-14)16(22)17-12-15-2-5-18-19-15/h2,5,13-14H,3-4,6-12H2,1H3,(H,17,22)(H,18,19)/t13-/m1/s1. The number of nitrogens with one attached hydrogen (secondary N) is 2. The van der Waals surface area contributed by atoms with Crippen LogP contribution in [-0.4, -0.2) is 71.5 Å². The highest BCUT2D eigenvalue weighted by atomic mass is 16.5. The zero-order valence-electron chi connectivity index (χ0n) is 13.8. The van der Waals surface area contributed by atoms with Gasteiger partial charge >= 0.3 is 6.03 Å². The van der Waals surface area contributed by atoms with Crippen LogP contribution in [0.3, 0.4) is 0 Å². The van der Waals surface area contributed by atoms with E-state index in [0.717, 1.165) is 57.9 Å². The van der Waals surface area contributed by atoms with Crippen molar-refractivity contribution in [1.29, 1.82) is 0 Å². The average molecular weight is 321 g/mol. The summed E-state index contributed by atoms with van der Waals surface area (Å²) in [6.07, 6.45) is 3.85. The Balaban J connectivity index is 1.41. The molecule has 128 valence electrons. The van der Waals surface area contributed by atoms with Gasteiger partial charge in [-0.2, -0.15) is 5.10 Å². The van der Waals surface area contributed by atoms with E-state index in [0.29, 0.717) is 18.5 Å². The number of morpholine rings is 1. The van der Waals surface area contributed by atoms with Crippen LogP contribution < -0.4 is 5.32 Å². The lowest BCUT2D eigenvalue weighted by molar-refractivity contribution is 0.000246. The van der Waals surface area contributed by atoms with Crippen molar-refractivity contribution >= 4 is 6.03 Å². The number of ether oxygens (including phenoxy) is 1. The van der Waals surface area contributed by atoms with Gasteiger partial charge in [-0.3, -0.25) is 10.00 Å². The quantitative estimate of drug-likeness (QED) is 0.869. The fraction of sp³-hybridized carbons (Fsp3) is 0.750. The molecular weight excluding hydrogens is 294 g/mol. The summed E-state index contributed by atoms with van der Waals surface area (Å²) in [5, 5.41) is 9.69. The van der Waals surface area contributed by atoms with Gasteiger partial charge in [0.15, 0.2) is 0 Å². The topological polar surface area (TPSA) is 73.5 Å². The monoisotopic (exact) mass is 321 g/mol. The number of hydrogen-bond acceptors (Lipinski definition) is 4. The number of carbonyl (C=O) groups excluding carboxylic acids is 1. The average Bonchev–Trinajstić information content (AvgIpc) is 3.13. The Morgan fingerprint density at radius 1 is 1.39 bits per heavy atom. The Bertz CT molecular complexity index is 479. The number of amides is 2. The van der Waals surface area contributed by atoms with Gasteiger partial charge in [-0.25, -0.2) is 4.79 Å². The first-order chi connectivity index (χ1) is 11.2. The molecule has 1 aromatic heterocycles. The molecule has 2 aliphatic heterocycles. The number of aromatic nitrogens is 2. The molecule has 7 nitrogen and oxygen atoms in total. The molecule has 0 unspecified atom stereocenters. The first-order valence-corrected chi connectivity index (χ1v) is 8.57. The second-order valence-corrected chi connectivity index (χ2v) is 6.45. The number of hydrogen-bond donors (Lipinski definition) is 2. The van der Waals surface area contributed by atoms with Crippen LogP contribution in [0, 0.1) is 5.92 Å². The minimum absolute atomic E-state index is 0.0251. The van der Waals surface area contributed by atoms with E-state index in [1.54, 1.807) is 6.20 Å². The Morgan fingerprint density at radius 3 is 2.78 bits per heavy atom. The van der Waals surface area contributed by atoms with E-state index in [2.05, 4.69) is 27.3 Å². The lowest BCUT2D eigenvalue weighted by atomic mass is 9.89. The summed E-state index contributed by atoms with van der Waals surface area (Å²) in [6, 6.07) is 2.47. The van der Waals surface area contributed by atoms with Crippen LogP contribution in [0.2, 0.25) is 0 Å². The first-order valence-electron chi connectivity index (χ1n) is 8.57. The number of urea groups is 1. The van der Waals surface area contributed by atoms with Crippen LogP contribution in [-0.2, 0) is 11.3 Å². The highest BCUT2D eigenvalue weighted by Crippen LogP contribution is 2.24. The van der Waals surface area contributed by atoms with Crippen molar-refractivity contribution in [1.82, 2.24) is 25.3 Å². The number of aromatic amines is 1. The van der Waals surface area contributed by atoms with Gasteiger partial charge in [0.05, 0.1) is 25.5 Å². The molecule has 0 saturated carbocycles. The van der Waals surface area contributed by atoms with E-state index in [1.165, 1.54) is 0 Å².